The number of imidazole rings is 1. The first kappa shape index (κ1) is 24.3. The molecule has 2 amide bonds. The van der Waals surface area contributed by atoms with Crippen molar-refractivity contribution in [3.05, 3.63) is 95.3 Å². The molecule has 0 radical (unpaired) electrons. The van der Waals surface area contributed by atoms with E-state index in [0.717, 1.165) is 22.4 Å². The number of anilines is 1. The van der Waals surface area contributed by atoms with Gasteiger partial charge in [-0.3, -0.25) is 4.79 Å². The third-order valence-corrected chi connectivity index (χ3v) is 5.15. The second kappa shape index (κ2) is 9.79. The molecule has 11 heteroatoms. The van der Waals surface area contributed by atoms with Gasteiger partial charge in [0.25, 0.3) is 5.91 Å². The zero-order chi connectivity index (χ0) is 25.9. The first-order valence-corrected chi connectivity index (χ1v) is 10.6. The summed E-state index contributed by atoms with van der Waals surface area (Å²) in [6.07, 6.45) is 2.60. The van der Waals surface area contributed by atoms with Crippen LogP contribution >= 0.6 is 0 Å². The van der Waals surface area contributed by atoms with Crippen molar-refractivity contribution in [1.29, 1.82) is 0 Å². The van der Waals surface area contributed by atoms with Crippen molar-refractivity contribution >= 4 is 17.6 Å². The van der Waals surface area contributed by atoms with E-state index in [1.54, 1.807) is 18.2 Å². The van der Waals surface area contributed by atoms with Crippen LogP contribution in [0.4, 0.5) is 23.7 Å². The molecule has 36 heavy (non-hydrogen) atoms. The van der Waals surface area contributed by atoms with E-state index < -0.39 is 23.7 Å². The molecule has 2 aromatic carbocycles. The predicted molar refractivity (Wildman–Crippen MR) is 126 cm³/mol. The van der Waals surface area contributed by atoms with Gasteiger partial charge in [-0.05, 0) is 42.8 Å². The lowest BCUT2D eigenvalue weighted by Crippen LogP contribution is -2.24. The molecule has 0 bridgehead atoms. The number of halogens is 3. The van der Waals surface area contributed by atoms with Gasteiger partial charge in [0.05, 0.1) is 29.8 Å². The van der Waals surface area contributed by atoms with E-state index >= 15 is 0 Å². The maximum atomic E-state index is 13.5. The Hall–Kier alpha value is -4.85. The molecule has 2 N–H and O–H groups in total. The lowest BCUT2D eigenvalue weighted by atomic mass is 10.0. The van der Waals surface area contributed by atoms with E-state index in [2.05, 4.69) is 32.6 Å². The van der Waals surface area contributed by atoms with Crippen molar-refractivity contribution in [1.82, 2.24) is 24.6 Å². The number of aromatic nitrogens is 4. The molecule has 0 aliphatic carbocycles. The first-order valence-electron chi connectivity index (χ1n) is 10.6. The number of nitrogens with one attached hydrogen (secondary N) is 2. The third kappa shape index (κ3) is 5.44. The zero-order valence-electron chi connectivity index (χ0n) is 19.1. The van der Waals surface area contributed by atoms with Gasteiger partial charge in [-0.25, -0.2) is 9.78 Å². The monoisotopic (exact) mass is 492 g/mol. The molecule has 0 aliphatic rings. The van der Waals surface area contributed by atoms with Gasteiger partial charge >= 0.3 is 12.2 Å². The Morgan fingerprint density at radius 1 is 1.08 bits per heavy atom. The highest BCUT2D eigenvalue weighted by Gasteiger charge is 2.31. The van der Waals surface area contributed by atoms with E-state index in [9.17, 15) is 22.8 Å². The fraction of sp³-hybridized carbons (Fsp3) is 0.120. The Kier molecular flexibility index (Phi) is 6.60. The minimum atomic E-state index is -4.60. The molecule has 0 saturated heterocycles. The van der Waals surface area contributed by atoms with Crippen molar-refractivity contribution in [2.24, 2.45) is 0 Å². The summed E-state index contributed by atoms with van der Waals surface area (Å²) >= 11 is 0. The number of carbonyl (C=O) groups is 2. The topological polar surface area (TPSA) is 93.8 Å². The smallest absolute Gasteiger partial charge is 0.339 e. The molecule has 2 heterocycles. The van der Waals surface area contributed by atoms with Crippen molar-refractivity contribution in [3.8, 4) is 17.5 Å². The quantitative estimate of drug-likeness (QED) is 0.419. The van der Waals surface area contributed by atoms with Crippen LogP contribution in [-0.2, 0) is 6.18 Å². The Balaban J connectivity index is 1.60. The van der Waals surface area contributed by atoms with Gasteiger partial charge in [0, 0.05) is 41.9 Å². The number of carbonyl (C=O) groups excluding carboxylic acids is 2. The summed E-state index contributed by atoms with van der Waals surface area (Å²) in [4.78, 5) is 28.4. The molecular formula is C25H19F3N6O2. The van der Waals surface area contributed by atoms with Gasteiger partial charge in [-0.1, -0.05) is 17.9 Å². The van der Waals surface area contributed by atoms with Crippen LogP contribution in [0.5, 0.6) is 0 Å². The highest BCUT2D eigenvalue weighted by Crippen LogP contribution is 2.33. The minimum absolute atomic E-state index is 0.0200. The Labute approximate surface area is 203 Å². The number of nitrogens with zero attached hydrogens (tertiary/aromatic N) is 4. The number of rotatable bonds is 3. The van der Waals surface area contributed by atoms with Crippen molar-refractivity contribution in [2.75, 3.05) is 12.4 Å². The highest BCUT2D eigenvalue weighted by atomic mass is 19.4. The SMILES string of the molecule is CNC(=O)n1cc(C#Cc2cc(C(=O)Nc3cc(-n4ccnc4)cc(C(F)(F)F)c3)ccc2C)cn1. The number of aryl methyl sites for hydroxylation is 1. The van der Waals surface area contributed by atoms with Crippen molar-refractivity contribution < 1.29 is 22.8 Å². The molecule has 0 atom stereocenters. The van der Waals surface area contributed by atoms with Gasteiger partial charge in [0.15, 0.2) is 0 Å². The van der Waals surface area contributed by atoms with Crippen LogP contribution in [0, 0.1) is 18.8 Å². The molecule has 0 aliphatic heterocycles. The molecule has 0 saturated carbocycles. The largest absolute Gasteiger partial charge is 0.416 e. The zero-order valence-corrected chi connectivity index (χ0v) is 19.1. The summed E-state index contributed by atoms with van der Waals surface area (Å²) < 4.78 is 42.9. The lowest BCUT2D eigenvalue weighted by Gasteiger charge is -2.14. The van der Waals surface area contributed by atoms with Gasteiger partial charge in [-0.15, -0.1) is 0 Å². The minimum Gasteiger partial charge on any atom is -0.339 e. The van der Waals surface area contributed by atoms with E-state index in [0.29, 0.717) is 11.1 Å². The molecular weight excluding hydrogens is 473 g/mol. The van der Waals surface area contributed by atoms with Crippen LogP contribution in [0.1, 0.15) is 32.6 Å². The highest BCUT2D eigenvalue weighted by molar-refractivity contribution is 6.04. The maximum absolute atomic E-state index is 13.5. The predicted octanol–water partition coefficient (Wildman–Crippen LogP) is 4.24. The van der Waals surface area contributed by atoms with Crippen LogP contribution in [0.2, 0.25) is 0 Å². The van der Waals surface area contributed by atoms with Crippen LogP contribution in [0.3, 0.4) is 0 Å². The number of benzene rings is 2. The van der Waals surface area contributed by atoms with E-state index in [4.69, 9.17) is 0 Å². The van der Waals surface area contributed by atoms with Crippen LogP contribution in [0.25, 0.3) is 5.69 Å². The van der Waals surface area contributed by atoms with Gasteiger partial charge < -0.3 is 15.2 Å². The Morgan fingerprint density at radius 2 is 1.89 bits per heavy atom. The number of hydrogen-bond acceptors (Lipinski definition) is 4. The lowest BCUT2D eigenvalue weighted by molar-refractivity contribution is -0.137. The summed E-state index contributed by atoms with van der Waals surface area (Å²) in [6, 6.07) is 7.66. The first-order chi connectivity index (χ1) is 17.1. The van der Waals surface area contributed by atoms with E-state index in [-0.39, 0.29) is 16.9 Å². The molecule has 2 aromatic heterocycles. The Morgan fingerprint density at radius 3 is 2.58 bits per heavy atom. The second-order valence-electron chi connectivity index (χ2n) is 7.70. The average Bonchev–Trinajstić information content (AvgIpc) is 3.55. The summed E-state index contributed by atoms with van der Waals surface area (Å²) in [6.45, 7) is 1.81. The molecule has 0 unspecified atom stereocenters. The van der Waals surface area contributed by atoms with Gasteiger partial charge in [-0.2, -0.15) is 23.0 Å². The molecule has 4 rings (SSSR count). The molecule has 0 fully saturated rings. The number of amides is 2. The molecule has 182 valence electrons. The van der Waals surface area contributed by atoms with Crippen LogP contribution in [-0.4, -0.2) is 38.3 Å². The average molecular weight is 492 g/mol. The number of alkyl halides is 3. The van der Waals surface area contributed by atoms with Gasteiger partial charge in [0.2, 0.25) is 0 Å². The molecule has 0 spiro atoms. The summed E-state index contributed by atoms with van der Waals surface area (Å²) in [7, 11) is 1.48. The van der Waals surface area contributed by atoms with E-state index in [1.807, 2.05) is 6.92 Å². The number of hydrogen-bond donors (Lipinski definition) is 2. The maximum Gasteiger partial charge on any atom is 0.416 e. The normalized spacial score (nSPS) is 10.9. The summed E-state index contributed by atoms with van der Waals surface area (Å²) in [5.74, 6) is 5.23. The van der Waals surface area contributed by atoms with E-state index in [1.165, 1.54) is 48.8 Å². The fourth-order valence-electron chi connectivity index (χ4n) is 3.26. The van der Waals surface area contributed by atoms with Crippen molar-refractivity contribution in [2.45, 2.75) is 13.1 Å². The fourth-order valence-corrected chi connectivity index (χ4v) is 3.26. The van der Waals surface area contributed by atoms with Crippen LogP contribution < -0.4 is 10.6 Å². The molecule has 8 nitrogen and oxygen atoms in total. The summed E-state index contributed by atoms with van der Waals surface area (Å²) in [5, 5.41) is 8.90. The van der Waals surface area contributed by atoms with Gasteiger partial charge in [0.1, 0.15) is 0 Å². The molecule has 4 aromatic rings. The third-order valence-electron chi connectivity index (χ3n) is 5.15. The summed E-state index contributed by atoms with van der Waals surface area (Å²) in [5.41, 5.74) is 1.31. The van der Waals surface area contributed by atoms with Crippen molar-refractivity contribution in [3.63, 3.8) is 0 Å². The standard InChI is InChI=1S/C25H19F3N6O2/c1-16-3-5-19(9-18(16)6-4-17-13-31-34(14-17)24(36)29-2)23(35)32-21-10-20(25(26,27)28)11-22(12-21)33-8-7-30-15-33/h3,5,7-15H,1-2H3,(H,29,36)(H,32,35). The Bertz CT molecular complexity index is 1490. The second-order valence-corrected chi connectivity index (χ2v) is 7.70. The van der Waals surface area contributed by atoms with Crippen LogP contribution in [0.15, 0.2) is 67.5 Å².